The fraction of sp³-hybridized carbons (Fsp3) is 0.529. The molecule has 0 spiro atoms. The Bertz CT molecular complexity index is 414. The van der Waals surface area contributed by atoms with Crippen molar-refractivity contribution in [2.24, 2.45) is 0 Å². The molecule has 1 aromatic rings. The summed E-state index contributed by atoms with van der Waals surface area (Å²) in [5.74, 6) is 0. The van der Waals surface area contributed by atoms with Crippen LogP contribution in [0.4, 0.5) is 0 Å². The molecule has 0 aliphatic carbocycles. The average Bonchev–Trinajstić information content (AvgIpc) is 2.26. The molecular weight excluding hydrogens is 234 g/mol. The molecule has 0 aliphatic heterocycles. The molecule has 0 fully saturated rings. The lowest BCUT2D eigenvalue weighted by Crippen LogP contribution is -2.24. The number of nitrogens with one attached hydrogen (secondary N) is 1. The highest BCUT2D eigenvalue weighted by atomic mass is 16.5. The second-order valence-corrected chi connectivity index (χ2v) is 5.50. The lowest BCUT2D eigenvalue weighted by atomic mass is 9.95. The van der Waals surface area contributed by atoms with Gasteiger partial charge in [-0.2, -0.15) is 0 Å². The van der Waals surface area contributed by atoms with Crippen LogP contribution in [-0.2, 0) is 4.74 Å². The number of hydrogen-bond acceptors (Lipinski definition) is 2. The van der Waals surface area contributed by atoms with Gasteiger partial charge in [0, 0.05) is 12.6 Å². The second kappa shape index (κ2) is 7.46. The third-order valence-electron chi connectivity index (χ3n) is 3.22. The van der Waals surface area contributed by atoms with Gasteiger partial charge in [-0.3, -0.25) is 0 Å². The van der Waals surface area contributed by atoms with Gasteiger partial charge in [-0.25, -0.2) is 0 Å². The van der Waals surface area contributed by atoms with Crippen LogP contribution in [0.2, 0.25) is 0 Å². The monoisotopic (exact) mass is 261 g/mol. The largest absolute Gasteiger partial charge is 0.376 e. The molecule has 2 heteroatoms. The molecule has 1 unspecified atom stereocenters. The molecule has 0 radical (unpaired) electrons. The molecule has 106 valence electrons. The lowest BCUT2D eigenvalue weighted by molar-refractivity contribution is 0.156. The molecule has 1 aromatic carbocycles. The van der Waals surface area contributed by atoms with Gasteiger partial charge in [0.05, 0.1) is 13.2 Å². The Balaban J connectivity index is 2.50. The summed E-state index contributed by atoms with van der Waals surface area (Å²) in [7, 11) is 0. The van der Waals surface area contributed by atoms with Gasteiger partial charge in [-0.1, -0.05) is 29.8 Å². The molecule has 0 heterocycles. The van der Waals surface area contributed by atoms with Crippen molar-refractivity contribution in [1.29, 1.82) is 0 Å². The second-order valence-electron chi connectivity index (χ2n) is 5.50. The van der Waals surface area contributed by atoms with Crippen LogP contribution < -0.4 is 5.32 Å². The summed E-state index contributed by atoms with van der Waals surface area (Å²) in [6, 6.07) is 4.85. The highest BCUT2D eigenvalue weighted by Crippen LogP contribution is 2.23. The Labute approximate surface area is 117 Å². The van der Waals surface area contributed by atoms with E-state index < -0.39 is 0 Å². The molecule has 0 amide bonds. The van der Waals surface area contributed by atoms with Crippen LogP contribution in [0.25, 0.3) is 0 Å². The first-order valence-electron chi connectivity index (χ1n) is 6.95. The quantitative estimate of drug-likeness (QED) is 0.594. The fourth-order valence-electron chi connectivity index (χ4n) is 2.57. The van der Waals surface area contributed by atoms with E-state index >= 15 is 0 Å². The predicted molar refractivity (Wildman–Crippen MR) is 82.7 cm³/mol. The van der Waals surface area contributed by atoms with Crippen molar-refractivity contribution in [1.82, 2.24) is 5.32 Å². The minimum Gasteiger partial charge on any atom is -0.376 e. The number of ether oxygens (including phenoxy) is 1. The van der Waals surface area contributed by atoms with Crippen LogP contribution in [0.3, 0.4) is 0 Å². The minimum absolute atomic E-state index is 0.356. The maximum atomic E-state index is 5.50. The van der Waals surface area contributed by atoms with E-state index in [2.05, 4.69) is 51.7 Å². The number of hydrogen-bond donors (Lipinski definition) is 1. The Morgan fingerprint density at radius 1 is 1.26 bits per heavy atom. The molecule has 0 saturated heterocycles. The topological polar surface area (TPSA) is 21.3 Å². The molecule has 1 rings (SSSR count). The highest BCUT2D eigenvalue weighted by molar-refractivity contribution is 5.39. The molecule has 2 nitrogen and oxygen atoms in total. The van der Waals surface area contributed by atoms with E-state index in [0.717, 1.165) is 18.7 Å². The van der Waals surface area contributed by atoms with E-state index in [0.29, 0.717) is 12.6 Å². The number of benzene rings is 1. The van der Waals surface area contributed by atoms with Crippen molar-refractivity contribution in [3.8, 4) is 0 Å². The van der Waals surface area contributed by atoms with E-state index in [-0.39, 0.29) is 0 Å². The Kier molecular flexibility index (Phi) is 6.26. The van der Waals surface area contributed by atoms with Crippen LogP contribution in [0.5, 0.6) is 0 Å². The third-order valence-corrected chi connectivity index (χ3v) is 3.22. The zero-order valence-electron chi connectivity index (χ0n) is 13.0. The van der Waals surface area contributed by atoms with Gasteiger partial charge < -0.3 is 10.1 Å². The molecule has 0 saturated carbocycles. The Morgan fingerprint density at radius 2 is 1.84 bits per heavy atom. The molecule has 0 aromatic heterocycles. The SMILES string of the molecule is C=C(C)COCCNC(C)c1c(C)cc(C)cc1C. The van der Waals surface area contributed by atoms with Crippen LogP contribution in [-0.4, -0.2) is 19.8 Å². The van der Waals surface area contributed by atoms with E-state index in [4.69, 9.17) is 4.74 Å². The van der Waals surface area contributed by atoms with Crippen molar-refractivity contribution in [2.45, 2.75) is 40.7 Å². The fourth-order valence-corrected chi connectivity index (χ4v) is 2.57. The summed E-state index contributed by atoms with van der Waals surface area (Å²) in [4.78, 5) is 0. The highest BCUT2D eigenvalue weighted by Gasteiger charge is 2.11. The van der Waals surface area contributed by atoms with E-state index in [1.54, 1.807) is 0 Å². The van der Waals surface area contributed by atoms with Gasteiger partial charge in [0.15, 0.2) is 0 Å². The van der Waals surface area contributed by atoms with E-state index in [9.17, 15) is 0 Å². The molecule has 1 atom stereocenters. The average molecular weight is 261 g/mol. The van der Waals surface area contributed by atoms with Gasteiger partial charge >= 0.3 is 0 Å². The summed E-state index contributed by atoms with van der Waals surface area (Å²) >= 11 is 0. The van der Waals surface area contributed by atoms with Crippen molar-refractivity contribution in [3.05, 3.63) is 46.5 Å². The smallest absolute Gasteiger partial charge is 0.0672 e. The Morgan fingerprint density at radius 3 is 2.37 bits per heavy atom. The van der Waals surface area contributed by atoms with Crippen molar-refractivity contribution in [3.63, 3.8) is 0 Å². The van der Waals surface area contributed by atoms with Crippen LogP contribution in [0.15, 0.2) is 24.3 Å². The first-order chi connectivity index (χ1) is 8.91. The lowest BCUT2D eigenvalue weighted by Gasteiger charge is -2.20. The Hall–Kier alpha value is -1.12. The minimum atomic E-state index is 0.356. The van der Waals surface area contributed by atoms with Crippen LogP contribution in [0, 0.1) is 20.8 Å². The standard InChI is InChI=1S/C17H27NO/c1-12(2)11-19-8-7-18-16(6)17-14(4)9-13(3)10-15(17)5/h9-10,16,18H,1,7-8,11H2,2-6H3. The number of rotatable bonds is 7. The van der Waals surface area contributed by atoms with Crippen LogP contribution in [0.1, 0.15) is 42.1 Å². The van der Waals surface area contributed by atoms with Crippen molar-refractivity contribution >= 4 is 0 Å². The van der Waals surface area contributed by atoms with Crippen molar-refractivity contribution in [2.75, 3.05) is 19.8 Å². The molecule has 0 aliphatic rings. The first kappa shape index (κ1) is 15.9. The zero-order chi connectivity index (χ0) is 14.4. The zero-order valence-corrected chi connectivity index (χ0v) is 13.0. The van der Waals surface area contributed by atoms with Gasteiger partial charge in [-0.05, 0) is 51.3 Å². The molecule has 19 heavy (non-hydrogen) atoms. The van der Waals surface area contributed by atoms with E-state index in [1.807, 2.05) is 6.92 Å². The summed E-state index contributed by atoms with van der Waals surface area (Å²) in [6.07, 6.45) is 0. The predicted octanol–water partition coefficient (Wildman–Crippen LogP) is 3.86. The summed E-state index contributed by atoms with van der Waals surface area (Å²) in [6.45, 7) is 16.8. The summed E-state index contributed by atoms with van der Waals surface area (Å²) < 4.78 is 5.50. The van der Waals surface area contributed by atoms with E-state index in [1.165, 1.54) is 22.3 Å². The summed E-state index contributed by atoms with van der Waals surface area (Å²) in [5.41, 5.74) is 6.53. The van der Waals surface area contributed by atoms with Crippen LogP contribution >= 0.6 is 0 Å². The van der Waals surface area contributed by atoms with Gasteiger partial charge in [0.1, 0.15) is 0 Å². The maximum Gasteiger partial charge on any atom is 0.0672 e. The maximum absolute atomic E-state index is 5.50. The summed E-state index contributed by atoms with van der Waals surface area (Å²) in [5, 5.41) is 3.52. The van der Waals surface area contributed by atoms with Crippen molar-refractivity contribution < 1.29 is 4.74 Å². The number of aryl methyl sites for hydroxylation is 3. The normalized spacial score (nSPS) is 12.5. The molecule has 0 bridgehead atoms. The first-order valence-corrected chi connectivity index (χ1v) is 6.95. The molecule has 1 N–H and O–H groups in total. The molecular formula is C17H27NO. The van der Waals surface area contributed by atoms with Gasteiger partial charge in [-0.15, -0.1) is 0 Å². The van der Waals surface area contributed by atoms with Gasteiger partial charge in [0.2, 0.25) is 0 Å². The third kappa shape index (κ3) is 5.17. The van der Waals surface area contributed by atoms with Gasteiger partial charge in [0.25, 0.3) is 0 Å².